The first kappa shape index (κ1) is 14.0. The Hall–Kier alpha value is -2.05. The molecule has 4 nitrogen and oxygen atoms in total. The van der Waals surface area contributed by atoms with Gasteiger partial charge in [-0.3, -0.25) is 4.79 Å². The third kappa shape index (κ3) is 2.79. The molecule has 0 aliphatic rings. The number of benzene rings is 1. The molecule has 1 amide bonds. The van der Waals surface area contributed by atoms with E-state index in [1.165, 1.54) is 29.6 Å². The van der Waals surface area contributed by atoms with Crippen LogP contribution in [0.15, 0.2) is 30.3 Å². The summed E-state index contributed by atoms with van der Waals surface area (Å²) >= 11 is 0. The Balaban J connectivity index is 3.11. The Labute approximate surface area is 100 Å². The van der Waals surface area contributed by atoms with Gasteiger partial charge in [0.15, 0.2) is 5.54 Å². The van der Waals surface area contributed by atoms with Gasteiger partial charge in [-0.1, -0.05) is 30.3 Å². The van der Waals surface area contributed by atoms with Crippen LogP contribution in [0.1, 0.15) is 12.5 Å². The summed E-state index contributed by atoms with van der Waals surface area (Å²) in [5.74, 6) is -3.87. The summed E-state index contributed by atoms with van der Waals surface area (Å²) in [7, 11) is 0. The molecule has 0 fully saturated rings. The summed E-state index contributed by atoms with van der Waals surface area (Å²) in [6.45, 7) is 0.994. The minimum atomic E-state index is -5.13. The number of hydrogen-bond donors (Lipinski definition) is 2. The number of alkyl halides is 3. The molecular formula is C11H10F3NO3. The Morgan fingerprint density at radius 2 is 1.67 bits per heavy atom. The highest BCUT2D eigenvalue weighted by Gasteiger charge is 2.46. The second-order valence-corrected chi connectivity index (χ2v) is 3.75. The molecule has 98 valence electrons. The first-order valence-corrected chi connectivity index (χ1v) is 4.86. The highest BCUT2D eigenvalue weighted by molar-refractivity contribution is 5.90. The van der Waals surface area contributed by atoms with Crippen molar-refractivity contribution in [1.82, 2.24) is 5.32 Å². The summed E-state index contributed by atoms with van der Waals surface area (Å²) in [5, 5.41) is 10.5. The van der Waals surface area contributed by atoms with Crippen molar-refractivity contribution >= 4 is 11.9 Å². The van der Waals surface area contributed by atoms with Gasteiger partial charge < -0.3 is 10.4 Å². The van der Waals surface area contributed by atoms with Crippen molar-refractivity contribution in [2.75, 3.05) is 0 Å². The number of carbonyl (C=O) groups is 2. The molecule has 1 atom stereocenters. The number of aliphatic carboxylic acids is 1. The molecule has 1 rings (SSSR count). The first-order chi connectivity index (χ1) is 8.18. The average Bonchev–Trinajstić information content (AvgIpc) is 2.28. The molecule has 7 heteroatoms. The van der Waals surface area contributed by atoms with Crippen molar-refractivity contribution in [3.05, 3.63) is 35.9 Å². The zero-order chi connectivity index (χ0) is 14.0. The minimum Gasteiger partial charge on any atom is -0.479 e. The molecule has 0 unspecified atom stereocenters. The van der Waals surface area contributed by atoms with E-state index >= 15 is 0 Å². The van der Waals surface area contributed by atoms with Crippen LogP contribution in [-0.4, -0.2) is 23.2 Å². The monoisotopic (exact) mass is 261 g/mol. The number of carbonyl (C=O) groups excluding carboxylic acids is 1. The van der Waals surface area contributed by atoms with Gasteiger partial charge in [-0.25, -0.2) is 4.79 Å². The van der Waals surface area contributed by atoms with E-state index in [9.17, 15) is 22.8 Å². The molecule has 0 aromatic heterocycles. The maximum Gasteiger partial charge on any atom is 0.471 e. The van der Waals surface area contributed by atoms with Gasteiger partial charge in [-0.05, 0) is 12.5 Å². The molecule has 0 aliphatic heterocycles. The molecule has 2 N–H and O–H groups in total. The highest BCUT2D eigenvalue weighted by Crippen LogP contribution is 2.24. The van der Waals surface area contributed by atoms with Gasteiger partial charge in [0, 0.05) is 0 Å². The fourth-order valence-corrected chi connectivity index (χ4v) is 1.32. The quantitative estimate of drug-likeness (QED) is 0.869. The lowest BCUT2D eigenvalue weighted by Crippen LogP contribution is -2.53. The van der Waals surface area contributed by atoms with E-state index in [1.54, 1.807) is 6.07 Å². The number of halogens is 3. The van der Waals surface area contributed by atoms with Gasteiger partial charge in [-0.15, -0.1) is 0 Å². The van der Waals surface area contributed by atoms with E-state index in [-0.39, 0.29) is 5.56 Å². The fourth-order valence-electron chi connectivity index (χ4n) is 1.32. The van der Waals surface area contributed by atoms with Gasteiger partial charge in [0.1, 0.15) is 0 Å². The molecule has 18 heavy (non-hydrogen) atoms. The number of carboxylic acids is 1. The van der Waals surface area contributed by atoms with Crippen LogP contribution >= 0.6 is 0 Å². The summed E-state index contributed by atoms with van der Waals surface area (Å²) in [6, 6.07) is 7.17. The van der Waals surface area contributed by atoms with E-state index in [4.69, 9.17) is 5.11 Å². The maximum atomic E-state index is 12.2. The number of hydrogen-bond acceptors (Lipinski definition) is 2. The van der Waals surface area contributed by atoms with E-state index in [2.05, 4.69) is 0 Å². The van der Waals surface area contributed by atoms with Crippen LogP contribution in [0, 0.1) is 0 Å². The largest absolute Gasteiger partial charge is 0.479 e. The predicted molar refractivity (Wildman–Crippen MR) is 55.6 cm³/mol. The van der Waals surface area contributed by atoms with Crippen LogP contribution in [-0.2, 0) is 15.1 Å². The van der Waals surface area contributed by atoms with Crippen LogP contribution in [0.5, 0.6) is 0 Å². The van der Waals surface area contributed by atoms with Gasteiger partial charge in [0.05, 0.1) is 0 Å². The molecule has 0 radical (unpaired) electrons. The van der Waals surface area contributed by atoms with Crippen molar-refractivity contribution in [3.63, 3.8) is 0 Å². The minimum absolute atomic E-state index is 0.0510. The number of amides is 1. The maximum absolute atomic E-state index is 12.2. The molecule has 0 aliphatic carbocycles. The molecule has 0 saturated carbocycles. The molecular weight excluding hydrogens is 251 g/mol. The van der Waals surface area contributed by atoms with Gasteiger partial charge in [-0.2, -0.15) is 13.2 Å². The second-order valence-electron chi connectivity index (χ2n) is 3.75. The summed E-state index contributed by atoms with van der Waals surface area (Å²) in [5.41, 5.74) is -2.08. The summed E-state index contributed by atoms with van der Waals surface area (Å²) < 4.78 is 36.5. The summed E-state index contributed by atoms with van der Waals surface area (Å²) in [4.78, 5) is 22.0. The first-order valence-electron chi connectivity index (χ1n) is 4.86. The Morgan fingerprint density at radius 3 is 2.06 bits per heavy atom. The van der Waals surface area contributed by atoms with Crippen LogP contribution in [0.2, 0.25) is 0 Å². The van der Waals surface area contributed by atoms with E-state index < -0.39 is 23.6 Å². The topological polar surface area (TPSA) is 66.4 Å². The van der Waals surface area contributed by atoms with Crippen molar-refractivity contribution in [1.29, 1.82) is 0 Å². The van der Waals surface area contributed by atoms with Crippen molar-refractivity contribution in [2.24, 2.45) is 0 Å². The van der Waals surface area contributed by atoms with Crippen molar-refractivity contribution < 1.29 is 27.9 Å². The number of nitrogens with one attached hydrogen (secondary N) is 1. The molecule has 0 bridgehead atoms. The number of carboxylic acid groups (broad SMARTS) is 1. The fraction of sp³-hybridized carbons (Fsp3) is 0.273. The Bertz CT molecular complexity index is 458. The standard InChI is InChI=1S/C11H10F3NO3/c1-10(9(17)18,7-5-3-2-4-6-7)15-8(16)11(12,13)14/h2-6H,1H3,(H,15,16)(H,17,18)/t10-/m0/s1. The Kier molecular flexibility index (Phi) is 3.64. The van der Waals surface area contributed by atoms with E-state index in [1.807, 2.05) is 0 Å². The zero-order valence-electron chi connectivity index (χ0n) is 9.28. The lowest BCUT2D eigenvalue weighted by molar-refractivity contribution is -0.177. The van der Waals surface area contributed by atoms with E-state index in [0.717, 1.165) is 6.92 Å². The van der Waals surface area contributed by atoms with Crippen LogP contribution in [0.4, 0.5) is 13.2 Å². The van der Waals surface area contributed by atoms with Gasteiger partial charge in [0.25, 0.3) is 0 Å². The molecule has 0 heterocycles. The van der Waals surface area contributed by atoms with Crippen LogP contribution in [0.3, 0.4) is 0 Å². The van der Waals surface area contributed by atoms with Gasteiger partial charge in [0.2, 0.25) is 0 Å². The lowest BCUT2D eigenvalue weighted by Gasteiger charge is -2.27. The zero-order valence-corrected chi connectivity index (χ0v) is 9.28. The summed E-state index contributed by atoms with van der Waals surface area (Å²) in [6.07, 6.45) is -5.13. The van der Waals surface area contributed by atoms with Crippen LogP contribution < -0.4 is 5.32 Å². The average molecular weight is 261 g/mol. The van der Waals surface area contributed by atoms with Crippen molar-refractivity contribution in [3.8, 4) is 0 Å². The molecule has 0 saturated heterocycles. The second kappa shape index (κ2) is 4.67. The normalized spacial score (nSPS) is 14.7. The third-order valence-electron chi connectivity index (χ3n) is 2.40. The Morgan fingerprint density at radius 1 is 1.17 bits per heavy atom. The smallest absolute Gasteiger partial charge is 0.471 e. The molecule has 0 spiro atoms. The highest BCUT2D eigenvalue weighted by atomic mass is 19.4. The molecule has 1 aromatic carbocycles. The molecule has 1 aromatic rings. The SMILES string of the molecule is C[C@@](NC(=O)C(F)(F)F)(C(=O)O)c1ccccc1. The lowest BCUT2D eigenvalue weighted by atomic mass is 9.92. The van der Waals surface area contributed by atoms with Crippen LogP contribution in [0.25, 0.3) is 0 Å². The van der Waals surface area contributed by atoms with Gasteiger partial charge >= 0.3 is 18.1 Å². The number of rotatable bonds is 3. The predicted octanol–water partition coefficient (Wildman–Crippen LogP) is 1.66. The van der Waals surface area contributed by atoms with Crippen molar-refractivity contribution in [2.45, 2.75) is 18.6 Å². The third-order valence-corrected chi connectivity index (χ3v) is 2.40. The van der Waals surface area contributed by atoms with E-state index in [0.29, 0.717) is 0 Å².